The minimum Gasteiger partial charge on any atom is -0.382 e. The fourth-order valence-corrected chi connectivity index (χ4v) is 3.72. The Morgan fingerprint density at radius 3 is 2.82 bits per heavy atom. The average Bonchev–Trinajstić information content (AvgIpc) is 2.73. The number of nitrogens with zero attached hydrogens (tertiary/aromatic N) is 2. The number of nitrogens with one attached hydrogen (secondary N) is 1. The van der Waals surface area contributed by atoms with E-state index < -0.39 is 0 Å². The highest BCUT2D eigenvalue weighted by Gasteiger charge is 2.28. The third-order valence-electron chi connectivity index (χ3n) is 5.07. The van der Waals surface area contributed by atoms with Crippen LogP contribution in [0, 0.1) is 5.92 Å². The van der Waals surface area contributed by atoms with Crippen LogP contribution < -0.4 is 5.32 Å². The molecule has 1 aromatic heterocycles. The molecule has 0 unspecified atom stereocenters. The summed E-state index contributed by atoms with van der Waals surface area (Å²) in [5.74, 6) is -0.0330. The molecule has 2 amide bonds. The molecule has 6 nitrogen and oxygen atoms in total. The Labute approximate surface area is 170 Å². The Morgan fingerprint density at radius 1 is 1.29 bits per heavy atom. The summed E-state index contributed by atoms with van der Waals surface area (Å²) in [7, 11) is 0. The normalized spacial score (nSPS) is 15.0. The summed E-state index contributed by atoms with van der Waals surface area (Å²) in [6.45, 7) is 5.06. The number of rotatable bonds is 7. The molecule has 1 fully saturated rings. The fourth-order valence-electron chi connectivity index (χ4n) is 3.50. The number of likely N-dealkylation sites (tertiary alicyclic amines) is 1. The second kappa shape index (κ2) is 9.85. The molecule has 1 aromatic carbocycles. The molecule has 2 aromatic rings. The Balaban J connectivity index is 1.56. The van der Waals surface area contributed by atoms with Crippen LogP contribution in [0.4, 0.5) is 0 Å². The van der Waals surface area contributed by atoms with Crippen molar-refractivity contribution in [1.29, 1.82) is 0 Å². The number of carbonyl (C=O) groups is 2. The van der Waals surface area contributed by atoms with Crippen LogP contribution in [0.3, 0.4) is 0 Å². The van der Waals surface area contributed by atoms with Crippen molar-refractivity contribution in [3.05, 3.63) is 41.0 Å². The van der Waals surface area contributed by atoms with Crippen LogP contribution in [0.15, 0.2) is 30.5 Å². The van der Waals surface area contributed by atoms with Gasteiger partial charge in [-0.25, -0.2) is 0 Å². The van der Waals surface area contributed by atoms with Gasteiger partial charge in [0.1, 0.15) is 0 Å². The summed E-state index contributed by atoms with van der Waals surface area (Å²) in [4.78, 5) is 31.5. The summed E-state index contributed by atoms with van der Waals surface area (Å²) >= 11 is 6.23. The Bertz CT molecular complexity index is 835. The van der Waals surface area contributed by atoms with Gasteiger partial charge in [-0.15, -0.1) is 0 Å². The number of benzene rings is 1. The number of fused-ring (bicyclic) bond motifs is 1. The lowest BCUT2D eigenvalue weighted by Crippen LogP contribution is -2.43. The van der Waals surface area contributed by atoms with Crippen LogP contribution in [0.25, 0.3) is 10.9 Å². The van der Waals surface area contributed by atoms with Crippen molar-refractivity contribution in [2.45, 2.75) is 26.2 Å². The molecule has 2 heterocycles. The van der Waals surface area contributed by atoms with Gasteiger partial charge in [0, 0.05) is 50.3 Å². The van der Waals surface area contributed by atoms with Crippen molar-refractivity contribution < 1.29 is 14.3 Å². The lowest BCUT2D eigenvalue weighted by Gasteiger charge is -2.31. The number of amides is 2. The van der Waals surface area contributed by atoms with Crippen LogP contribution in [0.5, 0.6) is 0 Å². The molecule has 0 aliphatic carbocycles. The standard InChI is InChI=1S/C21H26ClN3O3/c1-2-28-14-4-11-24-20(26)15-8-12-25(13-9-15)21(27)17-6-7-18(22)16-5-3-10-23-19(16)17/h3,5-7,10,15H,2,4,8-9,11-14H2,1H3,(H,24,26). The van der Waals surface area contributed by atoms with E-state index in [-0.39, 0.29) is 17.7 Å². The van der Waals surface area contributed by atoms with Crippen molar-refractivity contribution in [3.63, 3.8) is 0 Å². The van der Waals surface area contributed by atoms with E-state index >= 15 is 0 Å². The van der Waals surface area contributed by atoms with Crippen molar-refractivity contribution in [1.82, 2.24) is 15.2 Å². The topological polar surface area (TPSA) is 71.5 Å². The van der Waals surface area contributed by atoms with Gasteiger partial charge in [-0.2, -0.15) is 0 Å². The Hall–Kier alpha value is -2.18. The average molecular weight is 404 g/mol. The van der Waals surface area contributed by atoms with Crippen LogP contribution in [-0.4, -0.2) is 54.5 Å². The van der Waals surface area contributed by atoms with E-state index in [1.807, 2.05) is 13.0 Å². The van der Waals surface area contributed by atoms with Gasteiger partial charge in [0.2, 0.25) is 5.91 Å². The summed E-state index contributed by atoms with van der Waals surface area (Å²) in [6.07, 6.45) is 3.81. The summed E-state index contributed by atoms with van der Waals surface area (Å²) in [5, 5.41) is 4.33. The number of hydrogen-bond acceptors (Lipinski definition) is 4. The fraction of sp³-hybridized carbons (Fsp3) is 0.476. The zero-order valence-electron chi connectivity index (χ0n) is 16.1. The highest BCUT2D eigenvalue weighted by molar-refractivity contribution is 6.36. The van der Waals surface area contributed by atoms with Crippen LogP contribution in [0.2, 0.25) is 5.02 Å². The first-order valence-corrected chi connectivity index (χ1v) is 10.2. The lowest BCUT2D eigenvalue weighted by atomic mass is 9.95. The largest absolute Gasteiger partial charge is 0.382 e. The zero-order valence-corrected chi connectivity index (χ0v) is 16.9. The third kappa shape index (κ3) is 4.80. The van der Waals surface area contributed by atoms with Gasteiger partial charge in [0.25, 0.3) is 5.91 Å². The molecule has 0 spiro atoms. The minimum absolute atomic E-state index is 0.0452. The molecular weight excluding hydrogens is 378 g/mol. The number of aromatic nitrogens is 1. The Morgan fingerprint density at radius 2 is 2.07 bits per heavy atom. The first kappa shape index (κ1) is 20.6. The number of ether oxygens (including phenoxy) is 1. The van der Waals surface area contributed by atoms with Gasteiger partial charge in [-0.3, -0.25) is 14.6 Å². The van der Waals surface area contributed by atoms with E-state index in [2.05, 4.69) is 10.3 Å². The smallest absolute Gasteiger partial charge is 0.256 e. The third-order valence-corrected chi connectivity index (χ3v) is 5.40. The first-order valence-electron chi connectivity index (χ1n) is 9.79. The van der Waals surface area contributed by atoms with E-state index in [0.717, 1.165) is 11.8 Å². The molecule has 28 heavy (non-hydrogen) atoms. The van der Waals surface area contributed by atoms with Crippen molar-refractivity contribution in [2.75, 3.05) is 32.8 Å². The summed E-state index contributed by atoms with van der Waals surface area (Å²) in [5.41, 5.74) is 1.17. The molecule has 1 N–H and O–H groups in total. The van der Waals surface area contributed by atoms with E-state index in [4.69, 9.17) is 16.3 Å². The predicted molar refractivity (Wildman–Crippen MR) is 110 cm³/mol. The minimum atomic E-state index is -0.0593. The van der Waals surface area contributed by atoms with Gasteiger partial charge in [-0.05, 0) is 50.5 Å². The molecule has 7 heteroatoms. The number of hydrogen-bond donors (Lipinski definition) is 1. The number of piperidine rings is 1. The Kier molecular flexibility index (Phi) is 7.23. The molecule has 1 aliphatic heterocycles. The number of halogens is 1. The summed E-state index contributed by atoms with van der Waals surface area (Å²) in [6, 6.07) is 7.14. The number of pyridine rings is 1. The molecular formula is C21H26ClN3O3. The maximum Gasteiger partial charge on any atom is 0.256 e. The van der Waals surface area contributed by atoms with Crippen LogP contribution >= 0.6 is 11.6 Å². The van der Waals surface area contributed by atoms with Crippen LogP contribution in [-0.2, 0) is 9.53 Å². The van der Waals surface area contributed by atoms with Gasteiger partial charge in [0.05, 0.1) is 16.1 Å². The maximum atomic E-state index is 13.0. The molecule has 0 bridgehead atoms. The first-order chi connectivity index (χ1) is 13.6. The SMILES string of the molecule is CCOCCCNC(=O)C1CCN(C(=O)c2ccc(Cl)c3cccnc23)CC1. The molecule has 150 valence electrons. The molecule has 1 aliphatic rings. The molecule has 0 radical (unpaired) electrons. The van der Waals surface area contributed by atoms with Crippen molar-refractivity contribution >= 4 is 34.3 Å². The zero-order chi connectivity index (χ0) is 19.9. The molecule has 0 saturated carbocycles. The van der Waals surface area contributed by atoms with Gasteiger partial charge < -0.3 is 15.0 Å². The van der Waals surface area contributed by atoms with Crippen molar-refractivity contribution in [3.8, 4) is 0 Å². The predicted octanol–water partition coefficient (Wildman–Crippen LogP) is 3.28. The highest BCUT2D eigenvalue weighted by Crippen LogP contribution is 2.27. The van der Waals surface area contributed by atoms with E-state index in [9.17, 15) is 9.59 Å². The van der Waals surface area contributed by atoms with E-state index in [0.29, 0.717) is 61.8 Å². The quantitative estimate of drug-likeness (QED) is 0.720. The highest BCUT2D eigenvalue weighted by atomic mass is 35.5. The summed E-state index contributed by atoms with van der Waals surface area (Å²) < 4.78 is 5.27. The lowest BCUT2D eigenvalue weighted by molar-refractivity contribution is -0.126. The second-order valence-corrected chi connectivity index (χ2v) is 7.31. The van der Waals surface area contributed by atoms with Crippen molar-refractivity contribution in [2.24, 2.45) is 5.92 Å². The van der Waals surface area contributed by atoms with Gasteiger partial charge >= 0.3 is 0 Å². The number of carbonyl (C=O) groups excluding carboxylic acids is 2. The molecule has 0 atom stereocenters. The molecule has 1 saturated heterocycles. The van der Waals surface area contributed by atoms with Gasteiger partial charge in [-0.1, -0.05) is 11.6 Å². The van der Waals surface area contributed by atoms with E-state index in [1.165, 1.54) is 0 Å². The molecule has 3 rings (SSSR count). The van der Waals surface area contributed by atoms with Crippen LogP contribution in [0.1, 0.15) is 36.5 Å². The second-order valence-electron chi connectivity index (χ2n) is 6.90. The monoisotopic (exact) mass is 403 g/mol. The van der Waals surface area contributed by atoms with Gasteiger partial charge in [0.15, 0.2) is 0 Å². The van der Waals surface area contributed by atoms with E-state index in [1.54, 1.807) is 29.3 Å². The maximum absolute atomic E-state index is 13.0.